The van der Waals surface area contributed by atoms with Gasteiger partial charge in [-0.1, -0.05) is 36.4 Å². The summed E-state index contributed by atoms with van der Waals surface area (Å²) in [6.07, 6.45) is -0.606. The van der Waals surface area contributed by atoms with E-state index in [-0.39, 0.29) is 6.42 Å². The maximum atomic E-state index is 11.8. The highest BCUT2D eigenvalue weighted by Gasteiger charge is 2.24. The lowest BCUT2D eigenvalue weighted by molar-refractivity contribution is -0.139. The predicted molar refractivity (Wildman–Crippen MR) is 106 cm³/mol. The van der Waals surface area contributed by atoms with Crippen molar-refractivity contribution in [3.8, 4) is 5.75 Å². The third kappa shape index (κ3) is 6.95. The minimum Gasteiger partial charge on any atom is -0.489 e. The molecule has 0 radical (unpaired) electrons. The Labute approximate surface area is 165 Å². The molecule has 2 N–H and O–H groups in total. The number of carbonyl (C=O) groups excluding carboxylic acids is 1. The van der Waals surface area contributed by atoms with E-state index in [4.69, 9.17) is 9.47 Å². The second-order valence-corrected chi connectivity index (χ2v) is 7.60. The molecule has 0 saturated carbocycles. The van der Waals surface area contributed by atoms with Crippen LogP contribution < -0.4 is 10.1 Å². The van der Waals surface area contributed by atoms with E-state index in [9.17, 15) is 14.7 Å². The lowest BCUT2D eigenvalue weighted by Gasteiger charge is -2.22. The van der Waals surface area contributed by atoms with Gasteiger partial charge in [-0.15, -0.1) is 0 Å². The molecular weight excluding hydrogens is 358 g/mol. The number of ether oxygens (including phenoxy) is 2. The Morgan fingerprint density at radius 3 is 2.29 bits per heavy atom. The Morgan fingerprint density at radius 1 is 1.07 bits per heavy atom. The van der Waals surface area contributed by atoms with Crippen molar-refractivity contribution in [2.45, 2.75) is 52.4 Å². The molecule has 0 saturated heterocycles. The molecule has 28 heavy (non-hydrogen) atoms. The Bertz CT molecular complexity index is 808. The summed E-state index contributed by atoms with van der Waals surface area (Å²) in [5, 5.41) is 11.8. The van der Waals surface area contributed by atoms with E-state index in [1.165, 1.54) is 0 Å². The minimum absolute atomic E-state index is 0.145. The molecule has 0 aliphatic heterocycles. The average molecular weight is 385 g/mol. The van der Waals surface area contributed by atoms with E-state index in [1.54, 1.807) is 45.0 Å². The number of aryl methyl sites for hydroxylation is 1. The van der Waals surface area contributed by atoms with Crippen molar-refractivity contribution in [2.24, 2.45) is 0 Å². The van der Waals surface area contributed by atoms with Gasteiger partial charge in [0.1, 0.15) is 24.0 Å². The summed E-state index contributed by atoms with van der Waals surface area (Å²) in [4.78, 5) is 23.3. The molecule has 2 aromatic carbocycles. The van der Waals surface area contributed by atoms with E-state index in [0.29, 0.717) is 12.4 Å². The molecule has 2 aromatic rings. The molecule has 0 aromatic heterocycles. The second kappa shape index (κ2) is 9.26. The first-order chi connectivity index (χ1) is 13.1. The Kier molecular flexibility index (Phi) is 7.04. The number of rotatable bonds is 7. The van der Waals surface area contributed by atoms with Crippen LogP contribution in [0.5, 0.6) is 5.75 Å². The van der Waals surface area contributed by atoms with Crippen LogP contribution in [0.3, 0.4) is 0 Å². The Morgan fingerprint density at radius 2 is 1.71 bits per heavy atom. The van der Waals surface area contributed by atoms with Crippen LogP contribution in [0.4, 0.5) is 4.79 Å². The number of carboxylic acid groups (broad SMARTS) is 1. The molecule has 0 aliphatic carbocycles. The number of alkyl carbamates (subject to hydrolysis) is 1. The number of nitrogens with one attached hydrogen (secondary N) is 1. The topological polar surface area (TPSA) is 84.9 Å². The van der Waals surface area contributed by atoms with Gasteiger partial charge in [-0.25, -0.2) is 9.59 Å². The van der Waals surface area contributed by atoms with Crippen LogP contribution in [0, 0.1) is 6.92 Å². The molecule has 0 aliphatic rings. The van der Waals surface area contributed by atoms with Crippen molar-refractivity contribution in [1.29, 1.82) is 0 Å². The molecule has 0 spiro atoms. The van der Waals surface area contributed by atoms with Gasteiger partial charge >= 0.3 is 12.1 Å². The fourth-order valence-corrected chi connectivity index (χ4v) is 2.54. The molecular formula is C22H27NO5. The van der Waals surface area contributed by atoms with Gasteiger partial charge in [-0.05, 0) is 56.5 Å². The fraction of sp³-hybridized carbons (Fsp3) is 0.364. The van der Waals surface area contributed by atoms with Gasteiger partial charge in [-0.3, -0.25) is 0 Å². The monoisotopic (exact) mass is 385 g/mol. The summed E-state index contributed by atoms with van der Waals surface area (Å²) in [6, 6.07) is 14.1. The van der Waals surface area contributed by atoms with Gasteiger partial charge < -0.3 is 19.9 Å². The largest absolute Gasteiger partial charge is 0.489 e. The maximum Gasteiger partial charge on any atom is 0.408 e. The first-order valence-corrected chi connectivity index (χ1v) is 9.12. The SMILES string of the molecule is Cc1ccccc1COc1ccc(CC(NC(=O)OC(C)(C)C)C(=O)O)cc1. The summed E-state index contributed by atoms with van der Waals surface area (Å²) in [6.45, 7) is 7.66. The van der Waals surface area contributed by atoms with Crippen molar-refractivity contribution in [3.63, 3.8) is 0 Å². The lowest BCUT2D eigenvalue weighted by Crippen LogP contribution is -2.44. The molecule has 0 fully saturated rings. The highest BCUT2D eigenvalue weighted by Crippen LogP contribution is 2.17. The van der Waals surface area contributed by atoms with Gasteiger partial charge in [0.25, 0.3) is 0 Å². The summed E-state index contributed by atoms with van der Waals surface area (Å²) in [5.74, 6) is -0.426. The third-order valence-electron chi connectivity index (χ3n) is 4.01. The number of carboxylic acids is 1. The zero-order valence-electron chi connectivity index (χ0n) is 16.7. The maximum absolute atomic E-state index is 11.8. The standard InChI is InChI=1S/C22H27NO5/c1-15-7-5-6-8-17(15)14-27-18-11-9-16(10-12-18)13-19(20(24)25)23-21(26)28-22(2,3)4/h5-12,19H,13-14H2,1-4H3,(H,23,26)(H,24,25). The number of hydrogen-bond donors (Lipinski definition) is 2. The van der Waals surface area contributed by atoms with Gasteiger partial charge in [0, 0.05) is 6.42 Å². The quantitative estimate of drug-likeness (QED) is 0.750. The average Bonchev–Trinajstić information content (AvgIpc) is 2.60. The van der Waals surface area contributed by atoms with Gasteiger partial charge in [0.05, 0.1) is 0 Å². The van der Waals surface area contributed by atoms with Crippen LogP contribution in [0.2, 0.25) is 0 Å². The van der Waals surface area contributed by atoms with Crippen LogP contribution in [0.15, 0.2) is 48.5 Å². The molecule has 6 nitrogen and oxygen atoms in total. The Balaban J connectivity index is 1.94. The Hall–Kier alpha value is -3.02. The van der Waals surface area contributed by atoms with E-state index in [1.807, 2.05) is 31.2 Å². The third-order valence-corrected chi connectivity index (χ3v) is 4.01. The van der Waals surface area contributed by atoms with E-state index in [2.05, 4.69) is 5.32 Å². The van der Waals surface area contributed by atoms with Gasteiger partial charge in [0.15, 0.2) is 0 Å². The van der Waals surface area contributed by atoms with Gasteiger partial charge in [0.2, 0.25) is 0 Å². The van der Waals surface area contributed by atoms with Crippen molar-refractivity contribution in [1.82, 2.24) is 5.32 Å². The molecule has 1 unspecified atom stereocenters. The van der Waals surface area contributed by atoms with Crippen LogP contribution >= 0.6 is 0 Å². The van der Waals surface area contributed by atoms with E-state index >= 15 is 0 Å². The second-order valence-electron chi connectivity index (χ2n) is 7.60. The number of benzene rings is 2. The van der Waals surface area contributed by atoms with Crippen molar-refractivity contribution in [2.75, 3.05) is 0 Å². The molecule has 0 bridgehead atoms. The zero-order chi connectivity index (χ0) is 20.7. The summed E-state index contributed by atoms with van der Waals surface area (Å²) in [7, 11) is 0. The molecule has 2 rings (SSSR count). The first kappa shape index (κ1) is 21.3. The smallest absolute Gasteiger partial charge is 0.408 e. The van der Waals surface area contributed by atoms with Crippen molar-refractivity contribution >= 4 is 12.1 Å². The van der Waals surface area contributed by atoms with Crippen LogP contribution in [0.1, 0.15) is 37.5 Å². The molecule has 150 valence electrons. The van der Waals surface area contributed by atoms with Crippen molar-refractivity contribution < 1.29 is 24.2 Å². The number of hydrogen-bond acceptors (Lipinski definition) is 4. The van der Waals surface area contributed by atoms with Crippen LogP contribution in [-0.2, 0) is 22.6 Å². The highest BCUT2D eigenvalue weighted by molar-refractivity contribution is 5.80. The first-order valence-electron chi connectivity index (χ1n) is 9.12. The number of carbonyl (C=O) groups is 2. The van der Waals surface area contributed by atoms with Crippen LogP contribution in [0.25, 0.3) is 0 Å². The summed E-state index contributed by atoms with van der Waals surface area (Å²) < 4.78 is 10.9. The lowest BCUT2D eigenvalue weighted by atomic mass is 10.1. The fourth-order valence-electron chi connectivity index (χ4n) is 2.54. The van der Waals surface area contributed by atoms with E-state index < -0.39 is 23.7 Å². The number of amides is 1. The summed E-state index contributed by atoms with van der Waals surface area (Å²) in [5.41, 5.74) is 2.35. The number of aliphatic carboxylic acids is 1. The minimum atomic E-state index is -1.12. The molecule has 1 amide bonds. The van der Waals surface area contributed by atoms with E-state index in [0.717, 1.165) is 16.7 Å². The molecule has 1 atom stereocenters. The zero-order valence-corrected chi connectivity index (χ0v) is 16.7. The van der Waals surface area contributed by atoms with Crippen LogP contribution in [-0.4, -0.2) is 28.8 Å². The van der Waals surface area contributed by atoms with Gasteiger partial charge in [-0.2, -0.15) is 0 Å². The highest BCUT2D eigenvalue weighted by atomic mass is 16.6. The predicted octanol–water partition coefficient (Wildman–Crippen LogP) is 4.09. The molecule has 0 heterocycles. The summed E-state index contributed by atoms with van der Waals surface area (Å²) >= 11 is 0. The normalized spacial score (nSPS) is 12.1. The van der Waals surface area contributed by atoms with Crippen molar-refractivity contribution in [3.05, 3.63) is 65.2 Å². The molecule has 6 heteroatoms.